The van der Waals surface area contributed by atoms with E-state index in [1.807, 2.05) is 48.5 Å². The predicted octanol–water partition coefficient (Wildman–Crippen LogP) is 4.88. The van der Waals surface area contributed by atoms with Crippen molar-refractivity contribution in [2.75, 3.05) is 34.5 Å². The molecule has 1 amide bonds. The Balaban J connectivity index is 1.85. The molecule has 0 saturated carbocycles. The van der Waals surface area contributed by atoms with Crippen LogP contribution in [0, 0.1) is 0 Å². The Morgan fingerprint density at radius 3 is 2.57 bits per heavy atom. The summed E-state index contributed by atoms with van der Waals surface area (Å²) in [5.74, 6) is -0.817. The van der Waals surface area contributed by atoms with E-state index < -0.39 is 19.7 Å². The molecule has 0 aliphatic heterocycles. The maximum absolute atomic E-state index is 14.5. The van der Waals surface area contributed by atoms with Crippen LogP contribution in [0.3, 0.4) is 0 Å². The number of carbonyl (C=O) groups excluding carboxylic acids is 2. The van der Waals surface area contributed by atoms with Crippen LogP contribution < -0.4 is 10.4 Å². The maximum Gasteiger partial charge on any atom is 0.389 e. The minimum atomic E-state index is -4.03. The van der Waals surface area contributed by atoms with E-state index >= 15 is 0 Å². The van der Waals surface area contributed by atoms with Crippen molar-refractivity contribution < 1.29 is 28.2 Å². The number of esters is 1. The van der Waals surface area contributed by atoms with Crippen LogP contribution in [0.4, 0.5) is 0 Å². The minimum absolute atomic E-state index is 0.0247. The first-order valence-corrected chi connectivity index (χ1v) is 15.4. The smallest absolute Gasteiger partial charge is 0.389 e. The number of nitrogens with one attached hydrogen (secondary N) is 2. The van der Waals surface area contributed by atoms with E-state index in [2.05, 4.69) is 20.5 Å². The fourth-order valence-corrected chi connectivity index (χ4v) is 6.85. The lowest BCUT2D eigenvalue weighted by Crippen LogP contribution is -2.35. The molecule has 13 heteroatoms. The molecule has 0 radical (unpaired) electrons. The van der Waals surface area contributed by atoms with Crippen molar-refractivity contribution in [2.24, 2.45) is 0 Å². The first kappa shape index (κ1) is 31.1. The molecular weight excluding hydrogens is 577 g/mol. The number of amides is 1. The normalized spacial score (nSPS) is 13.6. The van der Waals surface area contributed by atoms with Gasteiger partial charge in [-0.05, 0) is 61.5 Å². The number of aromatic nitrogens is 3. The highest BCUT2D eigenvalue weighted by atomic mass is 32.2. The molecule has 0 aliphatic rings. The molecule has 0 spiro atoms. The lowest BCUT2D eigenvalue weighted by atomic mass is 10.2. The van der Waals surface area contributed by atoms with E-state index in [-0.39, 0.29) is 19.1 Å². The summed E-state index contributed by atoms with van der Waals surface area (Å²) in [5, 5.41) is 10.8. The summed E-state index contributed by atoms with van der Waals surface area (Å²) in [5.41, 5.74) is 2.25. The molecule has 2 heterocycles. The average Bonchev–Trinajstić information content (AvgIpc) is 3.38. The summed E-state index contributed by atoms with van der Waals surface area (Å²) in [6.45, 7) is 1.67. The minimum Gasteiger partial charge on any atom is -0.468 e. The molecule has 0 fully saturated rings. The van der Waals surface area contributed by atoms with Gasteiger partial charge in [-0.25, -0.2) is 9.65 Å². The van der Waals surface area contributed by atoms with Gasteiger partial charge < -0.3 is 14.8 Å². The molecule has 4 rings (SSSR count). The predicted molar refractivity (Wildman–Crippen MR) is 162 cm³/mol. The van der Waals surface area contributed by atoms with E-state index in [1.54, 1.807) is 37.5 Å². The van der Waals surface area contributed by atoms with Crippen LogP contribution in [0.25, 0.3) is 23.1 Å². The molecule has 0 aliphatic carbocycles. The summed E-state index contributed by atoms with van der Waals surface area (Å²) in [4.78, 5) is 30.6. The SMILES string of the molecule is CNC(=O)c1ccccc1Sc1ccc2c(/C=C/c3ccccn3)nn(P(=O)(N[C@@H](C)C(=O)OC)OCCOC)c2c1. The largest absolute Gasteiger partial charge is 0.468 e. The number of nitrogens with zero attached hydrogens (tertiary/aromatic N) is 3. The van der Waals surface area contributed by atoms with Gasteiger partial charge in [-0.3, -0.25) is 19.1 Å². The van der Waals surface area contributed by atoms with Crippen LogP contribution in [0.15, 0.2) is 76.7 Å². The molecular formula is C29H32N5O6PS. The highest BCUT2D eigenvalue weighted by Gasteiger charge is 2.34. The average molecular weight is 610 g/mol. The van der Waals surface area contributed by atoms with Gasteiger partial charge in [0.25, 0.3) is 5.91 Å². The van der Waals surface area contributed by atoms with Crippen molar-refractivity contribution in [3.05, 3.63) is 83.8 Å². The van der Waals surface area contributed by atoms with E-state index in [0.29, 0.717) is 22.2 Å². The van der Waals surface area contributed by atoms with Crippen molar-refractivity contribution in [2.45, 2.75) is 22.8 Å². The maximum atomic E-state index is 14.5. The topological polar surface area (TPSA) is 134 Å². The molecule has 0 saturated heterocycles. The Morgan fingerprint density at radius 1 is 1.07 bits per heavy atom. The van der Waals surface area contributed by atoms with Crippen LogP contribution in [0.5, 0.6) is 0 Å². The molecule has 0 bridgehead atoms. The fraction of sp³-hybridized carbons (Fsp3) is 0.241. The van der Waals surface area contributed by atoms with Gasteiger partial charge in [-0.15, -0.1) is 0 Å². The van der Waals surface area contributed by atoms with Crippen molar-refractivity contribution >= 4 is 54.4 Å². The summed E-state index contributed by atoms with van der Waals surface area (Å²) in [6, 6.07) is 17.4. The number of fused-ring (bicyclic) bond motifs is 1. The summed E-state index contributed by atoms with van der Waals surface area (Å²) in [7, 11) is 0.310. The second kappa shape index (κ2) is 14.4. The van der Waals surface area contributed by atoms with Gasteiger partial charge in [0.05, 0.1) is 42.8 Å². The van der Waals surface area contributed by atoms with E-state index in [1.165, 1.54) is 37.4 Å². The van der Waals surface area contributed by atoms with Gasteiger partial charge in [-0.2, -0.15) is 9.55 Å². The third-order valence-corrected chi connectivity index (χ3v) is 9.18. The number of carbonyl (C=O) groups is 2. The molecule has 220 valence electrons. The van der Waals surface area contributed by atoms with Crippen molar-refractivity contribution in [3.63, 3.8) is 0 Å². The molecule has 2 N–H and O–H groups in total. The lowest BCUT2D eigenvalue weighted by Gasteiger charge is -2.23. The van der Waals surface area contributed by atoms with Gasteiger partial charge in [0.1, 0.15) is 6.04 Å². The highest BCUT2D eigenvalue weighted by Crippen LogP contribution is 2.47. The van der Waals surface area contributed by atoms with Crippen LogP contribution in [-0.2, 0) is 23.4 Å². The van der Waals surface area contributed by atoms with Gasteiger partial charge in [0, 0.05) is 35.5 Å². The van der Waals surface area contributed by atoms with Crippen molar-refractivity contribution in [3.8, 4) is 0 Å². The zero-order valence-electron chi connectivity index (χ0n) is 23.6. The molecule has 2 aromatic heterocycles. The summed E-state index contributed by atoms with van der Waals surface area (Å²) < 4.78 is 31.5. The Labute approximate surface area is 248 Å². The van der Waals surface area contributed by atoms with Crippen LogP contribution in [0.1, 0.15) is 28.7 Å². The van der Waals surface area contributed by atoms with Crippen LogP contribution >= 0.6 is 19.4 Å². The first-order chi connectivity index (χ1) is 20.3. The second-order valence-electron chi connectivity index (χ2n) is 8.94. The van der Waals surface area contributed by atoms with E-state index in [0.717, 1.165) is 15.5 Å². The fourth-order valence-electron chi connectivity index (χ4n) is 4.00. The molecule has 42 heavy (non-hydrogen) atoms. The Hall–Kier alpha value is -3.80. The highest BCUT2D eigenvalue weighted by molar-refractivity contribution is 7.99. The first-order valence-electron chi connectivity index (χ1n) is 13.0. The zero-order chi connectivity index (χ0) is 30.1. The van der Waals surface area contributed by atoms with E-state index in [9.17, 15) is 14.2 Å². The monoisotopic (exact) mass is 609 g/mol. The molecule has 1 unspecified atom stereocenters. The molecule has 11 nitrogen and oxygen atoms in total. The lowest BCUT2D eigenvalue weighted by molar-refractivity contribution is -0.142. The number of rotatable bonds is 13. The Morgan fingerprint density at radius 2 is 1.86 bits per heavy atom. The Bertz CT molecular complexity index is 1630. The molecule has 4 aromatic rings. The van der Waals surface area contributed by atoms with Gasteiger partial charge in [-0.1, -0.05) is 30.0 Å². The number of methoxy groups -OCH3 is 2. The number of pyridine rings is 1. The van der Waals surface area contributed by atoms with E-state index in [4.69, 9.17) is 14.0 Å². The number of benzene rings is 2. The standard InChI is InChI=1S/C29H32N5O6PS/c1-20(29(36)39-4)33-41(37,40-18-17-38-3)34-26-19-22(42-27-11-6-5-10-24(27)28(35)30-2)13-14-23(26)25(32-34)15-12-21-9-7-8-16-31-21/h5-16,19-20H,17-18H2,1-4H3,(H,30,35)(H,33,37)/b15-12+/t20-,41?/m0/s1. The number of hydrogen-bond donors (Lipinski definition) is 2. The van der Waals surface area contributed by atoms with Crippen LogP contribution in [0.2, 0.25) is 0 Å². The summed E-state index contributed by atoms with van der Waals surface area (Å²) in [6.07, 6.45) is 5.26. The summed E-state index contributed by atoms with van der Waals surface area (Å²) >= 11 is 1.38. The molecule has 2 atom stereocenters. The molecule has 2 aromatic carbocycles. The van der Waals surface area contributed by atoms with Gasteiger partial charge >= 0.3 is 13.6 Å². The Kier molecular flexibility index (Phi) is 10.7. The zero-order valence-corrected chi connectivity index (χ0v) is 25.4. The number of hydrogen-bond acceptors (Lipinski definition) is 9. The van der Waals surface area contributed by atoms with Gasteiger partial charge in [0.2, 0.25) is 0 Å². The third-order valence-electron chi connectivity index (χ3n) is 6.06. The number of ether oxygens (including phenoxy) is 2. The second-order valence-corrected chi connectivity index (χ2v) is 12.0. The van der Waals surface area contributed by atoms with Crippen molar-refractivity contribution in [1.29, 1.82) is 0 Å². The third kappa shape index (κ3) is 7.33. The van der Waals surface area contributed by atoms with Crippen molar-refractivity contribution in [1.82, 2.24) is 24.9 Å². The van der Waals surface area contributed by atoms with Gasteiger partial charge in [0.15, 0.2) is 0 Å². The quantitative estimate of drug-likeness (QED) is 0.123. The van der Waals surface area contributed by atoms with Crippen LogP contribution in [-0.4, -0.2) is 66.9 Å².